The van der Waals surface area contributed by atoms with Crippen LogP contribution in [0.1, 0.15) is 12.8 Å². The molecule has 0 amide bonds. The molecule has 0 radical (unpaired) electrons. The molecule has 2 aromatic carbocycles. The minimum atomic E-state index is 0.589. The van der Waals surface area contributed by atoms with Gasteiger partial charge < -0.3 is 15.4 Å². The molecule has 0 unspecified atom stereocenters. The molecule has 0 spiro atoms. The summed E-state index contributed by atoms with van der Waals surface area (Å²) < 4.78 is 9.10. The van der Waals surface area contributed by atoms with Gasteiger partial charge in [-0.05, 0) is 90.2 Å². The van der Waals surface area contributed by atoms with Crippen molar-refractivity contribution in [1.82, 2.24) is 15.1 Å². The van der Waals surface area contributed by atoms with Gasteiger partial charge in [-0.2, -0.15) is 5.10 Å². The molecule has 29 heavy (non-hydrogen) atoms. The number of aromatic nitrogens is 2. The number of anilines is 2. The van der Waals surface area contributed by atoms with E-state index in [1.807, 2.05) is 54.3 Å². The molecule has 7 heteroatoms. The quantitative estimate of drug-likeness (QED) is 0.485. The van der Waals surface area contributed by atoms with Crippen LogP contribution >= 0.6 is 27.5 Å². The van der Waals surface area contributed by atoms with Gasteiger partial charge in [-0.25, -0.2) is 0 Å². The lowest BCUT2D eigenvalue weighted by atomic mass is 9.99. The Bertz CT molecular complexity index is 948. The second kappa shape index (κ2) is 9.20. The van der Waals surface area contributed by atoms with Crippen molar-refractivity contribution in [2.45, 2.75) is 12.8 Å². The van der Waals surface area contributed by atoms with E-state index in [9.17, 15) is 0 Å². The molecule has 2 N–H and O–H groups in total. The van der Waals surface area contributed by atoms with Crippen LogP contribution in [-0.4, -0.2) is 29.5 Å². The Balaban J connectivity index is 1.62. The molecule has 0 bridgehead atoms. The van der Waals surface area contributed by atoms with Crippen LogP contribution in [0.25, 0.3) is 11.3 Å². The largest absolute Gasteiger partial charge is 0.493 e. The molecule has 2 heterocycles. The number of halogens is 2. The lowest BCUT2D eigenvalue weighted by molar-refractivity contribution is 0.216. The molecule has 4 rings (SSSR count). The van der Waals surface area contributed by atoms with Crippen molar-refractivity contribution in [3.8, 4) is 17.0 Å². The third-order valence-electron chi connectivity index (χ3n) is 5.19. The topological polar surface area (TPSA) is 51.1 Å². The number of rotatable bonds is 6. The smallest absolute Gasteiger partial charge is 0.128 e. The first-order valence-electron chi connectivity index (χ1n) is 9.78. The molecule has 1 aliphatic heterocycles. The molecule has 1 aromatic heterocycles. The van der Waals surface area contributed by atoms with Crippen molar-refractivity contribution < 1.29 is 4.74 Å². The van der Waals surface area contributed by atoms with Crippen LogP contribution < -0.4 is 15.4 Å². The fraction of sp³-hybridized carbons (Fsp3) is 0.318. The van der Waals surface area contributed by atoms with Crippen LogP contribution in [0.3, 0.4) is 0 Å². The Kier molecular flexibility index (Phi) is 6.43. The second-order valence-electron chi connectivity index (χ2n) is 7.31. The third-order valence-corrected chi connectivity index (χ3v) is 6.03. The van der Waals surface area contributed by atoms with E-state index in [0.717, 1.165) is 70.4 Å². The van der Waals surface area contributed by atoms with E-state index in [2.05, 4.69) is 37.7 Å². The summed E-state index contributed by atoms with van der Waals surface area (Å²) in [5, 5.41) is 11.9. The molecule has 152 valence electrons. The maximum Gasteiger partial charge on any atom is 0.128 e. The van der Waals surface area contributed by atoms with Gasteiger partial charge in [0.05, 0.1) is 23.0 Å². The number of aryl methyl sites for hydroxylation is 1. The van der Waals surface area contributed by atoms with Crippen LogP contribution in [0.2, 0.25) is 5.02 Å². The molecular formula is C22H24BrClN4O. The van der Waals surface area contributed by atoms with Crippen molar-refractivity contribution in [3.63, 3.8) is 0 Å². The average molecular weight is 476 g/mol. The van der Waals surface area contributed by atoms with E-state index in [0.29, 0.717) is 5.92 Å². The number of nitrogens with zero attached hydrogens (tertiary/aromatic N) is 2. The standard InChI is InChI=1S/C22H24BrClN4O/c1-28-22(20(23)13-26-28)19-12-18(27-17-4-2-16(24)3-5-17)6-7-21(19)29-14-15-8-10-25-11-9-15/h2-7,12-13,15,25,27H,8-11,14H2,1H3. The summed E-state index contributed by atoms with van der Waals surface area (Å²) in [5.74, 6) is 1.46. The lowest BCUT2D eigenvalue weighted by Gasteiger charge is -2.23. The van der Waals surface area contributed by atoms with Gasteiger partial charge >= 0.3 is 0 Å². The van der Waals surface area contributed by atoms with Crippen LogP contribution in [0.5, 0.6) is 5.75 Å². The highest BCUT2D eigenvalue weighted by atomic mass is 79.9. The first-order chi connectivity index (χ1) is 14.1. The van der Waals surface area contributed by atoms with Gasteiger partial charge in [0.25, 0.3) is 0 Å². The SMILES string of the molecule is Cn1ncc(Br)c1-c1cc(Nc2ccc(Cl)cc2)ccc1OCC1CCNCC1. The van der Waals surface area contributed by atoms with E-state index in [1.54, 1.807) is 0 Å². The van der Waals surface area contributed by atoms with Crippen molar-refractivity contribution in [3.05, 3.63) is 58.2 Å². The summed E-state index contributed by atoms with van der Waals surface area (Å²) in [5.41, 5.74) is 3.95. The minimum Gasteiger partial charge on any atom is -0.493 e. The number of ether oxygens (including phenoxy) is 1. The maximum atomic E-state index is 6.30. The molecule has 1 aliphatic rings. The van der Waals surface area contributed by atoms with Crippen molar-refractivity contribution in [1.29, 1.82) is 0 Å². The highest BCUT2D eigenvalue weighted by Gasteiger charge is 2.18. The molecule has 1 fully saturated rings. The molecule has 3 aromatic rings. The second-order valence-corrected chi connectivity index (χ2v) is 8.60. The normalized spacial score (nSPS) is 14.7. The summed E-state index contributed by atoms with van der Waals surface area (Å²) in [7, 11) is 1.94. The summed E-state index contributed by atoms with van der Waals surface area (Å²) in [4.78, 5) is 0. The number of hydrogen-bond acceptors (Lipinski definition) is 4. The molecular weight excluding hydrogens is 452 g/mol. The van der Waals surface area contributed by atoms with Gasteiger partial charge in [0, 0.05) is 29.0 Å². The van der Waals surface area contributed by atoms with Gasteiger partial charge in [0.2, 0.25) is 0 Å². The Labute approximate surface area is 184 Å². The zero-order chi connectivity index (χ0) is 20.2. The van der Waals surface area contributed by atoms with Crippen LogP contribution in [0.4, 0.5) is 11.4 Å². The van der Waals surface area contributed by atoms with Crippen LogP contribution in [-0.2, 0) is 7.05 Å². The summed E-state index contributed by atoms with van der Waals surface area (Å²) in [6, 6.07) is 13.9. The van der Waals surface area contributed by atoms with Gasteiger partial charge in [-0.15, -0.1) is 0 Å². The Morgan fingerprint density at radius 2 is 1.90 bits per heavy atom. The zero-order valence-electron chi connectivity index (χ0n) is 16.3. The van der Waals surface area contributed by atoms with Crippen molar-refractivity contribution in [2.24, 2.45) is 13.0 Å². The lowest BCUT2D eigenvalue weighted by Crippen LogP contribution is -2.30. The van der Waals surface area contributed by atoms with Crippen molar-refractivity contribution >= 4 is 38.9 Å². The fourth-order valence-corrected chi connectivity index (χ4v) is 4.28. The molecule has 0 atom stereocenters. The zero-order valence-corrected chi connectivity index (χ0v) is 18.6. The molecule has 1 saturated heterocycles. The molecule has 5 nitrogen and oxygen atoms in total. The number of hydrogen-bond donors (Lipinski definition) is 2. The summed E-state index contributed by atoms with van der Waals surface area (Å²) in [6.45, 7) is 2.87. The Hall–Kier alpha value is -2.02. The first-order valence-corrected chi connectivity index (χ1v) is 11.0. The van der Waals surface area contributed by atoms with Gasteiger partial charge in [0.1, 0.15) is 5.75 Å². The van der Waals surface area contributed by atoms with E-state index in [4.69, 9.17) is 16.3 Å². The third kappa shape index (κ3) is 4.94. The number of benzene rings is 2. The van der Waals surface area contributed by atoms with E-state index < -0.39 is 0 Å². The minimum absolute atomic E-state index is 0.589. The average Bonchev–Trinajstić information content (AvgIpc) is 3.07. The van der Waals surface area contributed by atoms with E-state index >= 15 is 0 Å². The van der Waals surface area contributed by atoms with Crippen LogP contribution in [0, 0.1) is 5.92 Å². The number of nitrogens with one attached hydrogen (secondary N) is 2. The fourth-order valence-electron chi connectivity index (χ4n) is 3.59. The summed E-state index contributed by atoms with van der Waals surface area (Å²) in [6.07, 6.45) is 4.12. The summed E-state index contributed by atoms with van der Waals surface area (Å²) >= 11 is 9.63. The predicted octanol–water partition coefficient (Wildman–Crippen LogP) is 5.63. The Morgan fingerprint density at radius 3 is 2.59 bits per heavy atom. The van der Waals surface area contributed by atoms with Gasteiger partial charge in [-0.1, -0.05) is 11.6 Å². The first kappa shape index (κ1) is 20.3. The van der Waals surface area contributed by atoms with Gasteiger partial charge in [-0.3, -0.25) is 4.68 Å². The molecule has 0 saturated carbocycles. The van der Waals surface area contributed by atoms with E-state index in [-0.39, 0.29) is 0 Å². The van der Waals surface area contributed by atoms with Gasteiger partial charge in [0.15, 0.2) is 0 Å². The highest BCUT2D eigenvalue weighted by Crippen LogP contribution is 2.37. The van der Waals surface area contributed by atoms with Crippen molar-refractivity contribution in [2.75, 3.05) is 25.0 Å². The number of piperidine rings is 1. The predicted molar refractivity (Wildman–Crippen MR) is 122 cm³/mol. The highest BCUT2D eigenvalue weighted by molar-refractivity contribution is 9.10. The van der Waals surface area contributed by atoms with E-state index in [1.165, 1.54) is 0 Å². The van der Waals surface area contributed by atoms with Crippen LogP contribution in [0.15, 0.2) is 53.1 Å². The Morgan fingerprint density at radius 1 is 1.17 bits per heavy atom. The maximum absolute atomic E-state index is 6.30. The molecule has 0 aliphatic carbocycles. The monoisotopic (exact) mass is 474 g/mol.